The van der Waals surface area contributed by atoms with Crippen LogP contribution in [0.1, 0.15) is 66.2 Å². The van der Waals surface area contributed by atoms with Gasteiger partial charge in [-0.1, -0.05) is 56.5 Å². The molecule has 0 aromatic rings. The van der Waals surface area contributed by atoms with Crippen LogP contribution in [0.15, 0.2) is 0 Å². The molecule has 20 heavy (non-hydrogen) atoms. The number of fused-ring (bicyclic) bond motifs is 1. The molecule has 0 aromatic carbocycles. The molecular weight excluding hydrogens is 312 g/mol. The smallest absolute Gasteiger partial charge is 0.147 e. The Morgan fingerprint density at radius 2 is 2.05 bits per heavy atom. The zero-order valence-corrected chi connectivity index (χ0v) is 15.2. The van der Waals surface area contributed by atoms with Gasteiger partial charge in [-0.3, -0.25) is 4.79 Å². The normalized spacial score (nSPS) is 42.2. The number of rotatable bonds is 5. The van der Waals surface area contributed by atoms with E-state index in [0.29, 0.717) is 17.0 Å². The van der Waals surface area contributed by atoms with Crippen molar-refractivity contribution in [2.24, 2.45) is 35.0 Å². The van der Waals surface area contributed by atoms with E-state index < -0.39 is 0 Å². The number of ketones is 1. The van der Waals surface area contributed by atoms with Crippen molar-refractivity contribution in [3.8, 4) is 0 Å². The standard InChI is InChI=1S/C18H31BrO/c1-5-6-12(2)14-9-10-18(4)15(13(14)3)7-8-16(18)17(20)11-19/h12-16H,5-11H2,1-4H3/t12-,13-,14-,15+,16-,18+/m1/s1. The van der Waals surface area contributed by atoms with Crippen molar-refractivity contribution < 1.29 is 4.79 Å². The Balaban J connectivity index is 2.13. The fraction of sp³-hybridized carbons (Fsp3) is 0.944. The first-order chi connectivity index (χ1) is 9.45. The number of hydrogen-bond acceptors (Lipinski definition) is 1. The van der Waals surface area contributed by atoms with Gasteiger partial charge in [-0.25, -0.2) is 0 Å². The number of halogens is 1. The summed E-state index contributed by atoms with van der Waals surface area (Å²) in [5.41, 5.74) is 0.284. The molecule has 0 bridgehead atoms. The van der Waals surface area contributed by atoms with Crippen LogP contribution in [0.4, 0.5) is 0 Å². The van der Waals surface area contributed by atoms with E-state index in [4.69, 9.17) is 0 Å². The van der Waals surface area contributed by atoms with Crippen LogP contribution in [0.2, 0.25) is 0 Å². The number of carbonyl (C=O) groups excluding carboxylic acids is 1. The summed E-state index contributed by atoms with van der Waals surface area (Å²) in [6.07, 6.45) is 7.67. The van der Waals surface area contributed by atoms with Crippen molar-refractivity contribution in [3.63, 3.8) is 0 Å². The maximum Gasteiger partial charge on any atom is 0.147 e. The zero-order chi connectivity index (χ0) is 14.9. The van der Waals surface area contributed by atoms with Crippen LogP contribution < -0.4 is 0 Å². The van der Waals surface area contributed by atoms with E-state index in [0.717, 1.165) is 30.1 Å². The van der Waals surface area contributed by atoms with E-state index in [1.54, 1.807) is 0 Å². The Labute approximate surface area is 133 Å². The second-order valence-electron chi connectivity index (χ2n) is 7.67. The molecular formula is C18H31BrO. The summed E-state index contributed by atoms with van der Waals surface area (Å²) in [4.78, 5) is 12.3. The highest BCUT2D eigenvalue weighted by Gasteiger charge is 2.54. The Hall–Kier alpha value is 0.150. The van der Waals surface area contributed by atoms with E-state index in [2.05, 4.69) is 43.6 Å². The van der Waals surface area contributed by atoms with Crippen molar-refractivity contribution in [1.82, 2.24) is 0 Å². The van der Waals surface area contributed by atoms with E-state index in [1.807, 2.05) is 0 Å². The number of carbonyl (C=O) groups is 1. The van der Waals surface area contributed by atoms with Crippen molar-refractivity contribution in [3.05, 3.63) is 0 Å². The highest BCUT2D eigenvalue weighted by atomic mass is 79.9. The Kier molecular flexibility index (Phi) is 5.37. The van der Waals surface area contributed by atoms with Gasteiger partial charge in [-0.15, -0.1) is 0 Å². The second-order valence-corrected chi connectivity index (χ2v) is 8.23. The molecule has 2 rings (SSSR count). The average molecular weight is 343 g/mol. The highest BCUT2D eigenvalue weighted by molar-refractivity contribution is 9.09. The van der Waals surface area contributed by atoms with Gasteiger partial charge in [-0.05, 0) is 54.8 Å². The van der Waals surface area contributed by atoms with Crippen molar-refractivity contribution in [2.75, 3.05) is 5.33 Å². The molecule has 0 heterocycles. The summed E-state index contributed by atoms with van der Waals surface area (Å²) in [6, 6.07) is 0. The lowest BCUT2D eigenvalue weighted by molar-refractivity contribution is -0.125. The first kappa shape index (κ1) is 16.5. The third kappa shape index (κ3) is 2.74. The number of Topliss-reactive ketones (excluding diaryl/α,β-unsaturated/α-hetero) is 1. The molecule has 0 radical (unpaired) electrons. The summed E-state index contributed by atoms with van der Waals surface area (Å²) in [5.74, 6) is 4.06. The predicted octanol–water partition coefficient (Wildman–Crippen LogP) is 5.47. The van der Waals surface area contributed by atoms with E-state index in [1.165, 1.54) is 32.1 Å². The van der Waals surface area contributed by atoms with Gasteiger partial charge in [-0.2, -0.15) is 0 Å². The summed E-state index contributed by atoms with van der Waals surface area (Å²) in [5, 5.41) is 0.546. The molecule has 0 N–H and O–H groups in total. The number of alkyl halides is 1. The lowest BCUT2D eigenvalue weighted by Crippen LogP contribution is -2.44. The molecule has 0 unspecified atom stereocenters. The molecule has 0 amide bonds. The average Bonchev–Trinajstić information content (AvgIpc) is 2.76. The third-order valence-electron chi connectivity index (χ3n) is 6.73. The Morgan fingerprint density at radius 1 is 1.35 bits per heavy atom. The monoisotopic (exact) mass is 342 g/mol. The maximum atomic E-state index is 12.3. The molecule has 2 fully saturated rings. The van der Waals surface area contributed by atoms with Gasteiger partial charge >= 0.3 is 0 Å². The van der Waals surface area contributed by atoms with E-state index in [9.17, 15) is 4.79 Å². The zero-order valence-electron chi connectivity index (χ0n) is 13.6. The topological polar surface area (TPSA) is 17.1 Å². The minimum atomic E-state index is 0.284. The van der Waals surface area contributed by atoms with E-state index in [-0.39, 0.29) is 5.41 Å². The van der Waals surface area contributed by atoms with Crippen molar-refractivity contribution in [1.29, 1.82) is 0 Å². The van der Waals surface area contributed by atoms with Gasteiger partial charge in [0.2, 0.25) is 0 Å². The lowest BCUT2D eigenvalue weighted by atomic mass is 9.56. The third-order valence-corrected chi connectivity index (χ3v) is 7.28. The second kappa shape index (κ2) is 6.50. The minimum Gasteiger partial charge on any atom is -0.298 e. The molecule has 6 atom stereocenters. The van der Waals surface area contributed by atoms with Gasteiger partial charge in [0.05, 0.1) is 5.33 Å². The van der Waals surface area contributed by atoms with Gasteiger partial charge in [0, 0.05) is 5.92 Å². The lowest BCUT2D eigenvalue weighted by Gasteiger charge is -2.49. The van der Waals surface area contributed by atoms with Crippen LogP contribution in [0.5, 0.6) is 0 Å². The van der Waals surface area contributed by atoms with Crippen LogP contribution in [0, 0.1) is 35.0 Å². The first-order valence-corrected chi connectivity index (χ1v) is 9.66. The molecule has 2 heteroatoms. The highest BCUT2D eigenvalue weighted by Crippen LogP contribution is 2.60. The molecule has 116 valence electrons. The number of hydrogen-bond donors (Lipinski definition) is 0. The summed E-state index contributed by atoms with van der Waals surface area (Å²) < 4.78 is 0. The predicted molar refractivity (Wildman–Crippen MR) is 89.1 cm³/mol. The Bertz CT molecular complexity index is 353. The van der Waals surface area contributed by atoms with Crippen LogP contribution in [-0.4, -0.2) is 11.1 Å². The summed E-state index contributed by atoms with van der Waals surface area (Å²) in [6.45, 7) is 9.63. The van der Waals surface area contributed by atoms with Crippen LogP contribution in [0.25, 0.3) is 0 Å². The molecule has 0 aromatic heterocycles. The molecule has 2 aliphatic carbocycles. The van der Waals surface area contributed by atoms with Crippen LogP contribution >= 0.6 is 15.9 Å². The molecule has 0 spiro atoms. The Morgan fingerprint density at radius 3 is 2.65 bits per heavy atom. The largest absolute Gasteiger partial charge is 0.298 e. The summed E-state index contributed by atoms with van der Waals surface area (Å²) in [7, 11) is 0. The molecule has 2 aliphatic rings. The summed E-state index contributed by atoms with van der Waals surface area (Å²) >= 11 is 3.39. The van der Waals surface area contributed by atoms with Crippen molar-refractivity contribution in [2.45, 2.75) is 66.2 Å². The SMILES string of the molecule is CCC[C@@H](C)[C@H]1CC[C@]2(C)[C@@H](C(=O)CBr)CC[C@H]2[C@@H]1C. The fourth-order valence-corrected chi connectivity index (χ4v) is 6.01. The molecule has 0 aliphatic heterocycles. The fourth-order valence-electron chi connectivity index (χ4n) is 5.62. The minimum absolute atomic E-state index is 0.284. The first-order valence-electron chi connectivity index (χ1n) is 8.54. The van der Waals surface area contributed by atoms with Crippen LogP contribution in [0.3, 0.4) is 0 Å². The molecule has 0 saturated heterocycles. The quantitative estimate of drug-likeness (QED) is 0.605. The molecule has 1 nitrogen and oxygen atoms in total. The van der Waals surface area contributed by atoms with Gasteiger partial charge in [0.15, 0.2) is 0 Å². The van der Waals surface area contributed by atoms with Gasteiger partial charge < -0.3 is 0 Å². The van der Waals surface area contributed by atoms with Gasteiger partial charge in [0.1, 0.15) is 5.78 Å². The van der Waals surface area contributed by atoms with Crippen LogP contribution in [-0.2, 0) is 4.79 Å². The van der Waals surface area contributed by atoms with E-state index >= 15 is 0 Å². The van der Waals surface area contributed by atoms with Gasteiger partial charge in [0.25, 0.3) is 0 Å². The van der Waals surface area contributed by atoms with Crippen molar-refractivity contribution >= 4 is 21.7 Å². The molecule has 2 saturated carbocycles. The maximum absolute atomic E-state index is 12.3.